The Morgan fingerprint density at radius 2 is 1.52 bits per heavy atom. The van der Waals surface area contributed by atoms with E-state index in [9.17, 15) is 9.59 Å². The van der Waals surface area contributed by atoms with Crippen LogP contribution in [0.2, 0.25) is 10.0 Å². The van der Waals surface area contributed by atoms with Crippen LogP contribution >= 0.6 is 23.2 Å². The first kappa shape index (κ1) is 26.2. The lowest BCUT2D eigenvalue weighted by molar-refractivity contribution is -0.126. The van der Waals surface area contributed by atoms with Gasteiger partial charge in [-0.25, -0.2) is 0 Å². The summed E-state index contributed by atoms with van der Waals surface area (Å²) >= 11 is 12.4. The number of anilines is 1. The maximum atomic E-state index is 12.9. The molecular weight excluding hydrogens is 473 g/mol. The van der Waals surface area contributed by atoms with Crippen molar-refractivity contribution in [1.82, 2.24) is 0 Å². The monoisotopic (exact) mass is 497 g/mol. The molecule has 0 aromatic heterocycles. The second-order valence-electron chi connectivity index (χ2n) is 6.52. The van der Waals surface area contributed by atoms with E-state index in [0.29, 0.717) is 41.2 Å². The van der Waals surface area contributed by atoms with Gasteiger partial charge in [-0.15, -0.1) is 0 Å². The third-order valence-electron chi connectivity index (χ3n) is 4.26. The second-order valence-corrected chi connectivity index (χ2v) is 7.34. The molecule has 0 saturated heterocycles. The number of hydrogen-bond acceptors (Lipinski definition) is 8. The number of nitrogens with zero attached hydrogens (tertiary/aromatic N) is 2. The van der Waals surface area contributed by atoms with Gasteiger partial charge in [-0.1, -0.05) is 23.2 Å². The summed E-state index contributed by atoms with van der Waals surface area (Å²) in [6.07, 6.45) is 0. The van der Waals surface area contributed by atoms with Gasteiger partial charge >= 0.3 is 0 Å². The number of methoxy groups -OCH3 is 2. The maximum absolute atomic E-state index is 12.9. The predicted molar refractivity (Wildman–Crippen MR) is 126 cm³/mol. The smallest absolute Gasteiger partial charge is 0.258 e. The number of nitrogens with one attached hydrogen (secondary N) is 1. The molecule has 1 N–H and O–H groups in total. The number of halogens is 2. The number of carbonyl (C=O) groups is 2. The fraction of sp³-hybridized carbons (Fsp3) is 0.364. The van der Waals surface area contributed by atoms with Crippen LogP contribution in [0.3, 0.4) is 0 Å². The van der Waals surface area contributed by atoms with E-state index >= 15 is 0 Å². The standard InChI is InChI=1S/C22H25Cl2N3O6/c1-6-32-18-10-16(20(33-7-2)9-14(18)24)26-27-21(12(3)28)22(29)25-15-8-13(23)17(30-4)11-19(15)31-5/h8-11,21H,6-7H2,1-5H3,(H,25,29). The lowest BCUT2D eigenvalue weighted by Crippen LogP contribution is -2.32. The van der Waals surface area contributed by atoms with Gasteiger partial charge in [0.1, 0.15) is 28.7 Å². The van der Waals surface area contributed by atoms with Crippen LogP contribution in [-0.4, -0.2) is 45.2 Å². The third kappa shape index (κ3) is 6.72. The van der Waals surface area contributed by atoms with Crippen molar-refractivity contribution < 1.29 is 28.5 Å². The summed E-state index contributed by atoms with van der Waals surface area (Å²) in [5, 5.41) is 11.2. The molecule has 0 aliphatic rings. The Kier molecular flexibility index (Phi) is 9.74. The maximum Gasteiger partial charge on any atom is 0.258 e. The molecule has 0 aliphatic heterocycles. The van der Waals surface area contributed by atoms with Gasteiger partial charge < -0.3 is 24.3 Å². The van der Waals surface area contributed by atoms with E-state index in [2.05, 4.69) is 15.5 Å². The molecule has 0 aliphatic carbocycles. The average molecular weight is 498 g/mol. The van der Waals surface area contributed by atoms with Crippen molar-refractivity contribution in [3.05, 3.63) is 34.3 Å². The van der Waals surface area contributed by atoms with Crippen molar-refractivity contribution in [1.29, 1.82) is 0 Å². The van der Waals surface area contributed by atoms with E-state index in [0.717, 1.165) is 0 Å². The van der Waals surface area contributed by atoms with Gasteiger partial charge in [-0.05, 0) is 26.8 Å². The van der Waals surface area contributed by atoms with Gasteiger partial charge in [0.25, 0.3) is 5.91 Å². The number of rotatable bonds is 11. The van der Waals surface area contributed by atoms with E-state index in [4.69, 9.17) is 42.1 Å². The lowest BCUT2D eigenvalue weighted by Gasteiger charge is -2.15. The summed E-state index contributed by atoms with van der Waals surface area (Å²) in [5.41, 5.74) is 0.503. The van der Waals surface area contributed by atoms with Crippen molar-refractivity contribution in [2.45, 2.75) is 26.8 Å². The van der Waals surface area contributed by atoms with Gasteiger partial charge in [0.15, 0.2) is 5.78 Å². The minimum absolute atomic E-state index is 0.245. The summed E-state index contributed by atoms with van der Waals surface area (Å²) in [7, 11) is 2.88. The van der Waals surface area contributed by atoms with E-state index in [1.807, 2.05) is 6.92 Å². The van der Waals surface area contributed by atoms with E-state index in [1.165, 1.54) is 45.4 Å². The van der Waals surface area contributed by atoms with E-state index < -0.39 is 17.7 Å². The highest BCUT2D eigenvalue weighted by Gasteiger charge is 2.25. The van der Waals surface area contributed by atoms with Gasteiger partial charge in [-0.3, -0.25) is 9.59 Å². The molecule has 9 nitrogen and oxygen atoms in total. The summed E-state index contributed by atoms with van der Waals surface area (Å²) in [6.45, 7) is 5.57. The summed E-state index contributed by atoms with van der Waals surface area (Å²) in [5.74, 6) is 0.126. The molecule has 1 unspecified atom stereocenters. The first-order chi connectivity index (χ1) is 15.7. The molecule has 178 valence electrons. The Morgan fingerprint density at radius 3 is 2.09 bits per heavy atom. The number of Topliss-reactive ketones (excluding diaryl/α,β-unsaturated/α-hetero) is 1. The van der Waals surface area contributed by atoms with Gasteiger partial charge in [0.2, 0.25) is 6.04 Å². The summed E-state index contributed by atoms with van der Waals surface area (Å²) < 4.78 is 21.4. The van der Waals surface area contributed by atoms with Crippen molar-refractivity contribution in [3.63, 3.8) is 0 Å². The summed E-state index contributed by atoms with van der Waals surface area (Å²) in [4.78, 5) is 25.0. The zero-order valence-corrected chi connectivity index (χ0v) is 20.4. The first-order valence-corrected chi connectivity index (χ1v) is 10.7. The molecule has 0 radical (unpaired) electrons. The minimum atomic E-state index is -1.43. The molecule has 2 aromatic carbocycles. The fourth-order valence-corrected chi connectivity index (χ4v) is 3.19. The predicted octanol–water partition coefficient (Wildman–Crippen LogP) is 5.49. The SMILES string of the molecule is CCOc1cc(N=NC(C(C)=O)C(=O)Nc2cc(Cl)c(OC)cc2OC)c(OCC)cc1Cl. The van der Waals surface area contributed by atoms with Crippen LogP contribution < -0.4 is 24.3 Å². The number of ketones is 1. The molecule has 2 rings (SSSR count). The van der Waals surface area contributed by atoms with Crippen molar-refractivity contribution in [2.75, 3.05) is 32.8 Å². The molecule has 33 heavy (non-hydrogen) atoms. The number of hydrogen-bond donors (Lipinski definition) is 1. The average Bonchev–Trinajstić information content (AvgIpc) is 2.76. The lowest BCUT2D eigenvalue weighted by atomic mass is 10.2. The number of benzene rings is 2. The number of azo groups is 1. The molecule has 1 amide bonds. The number of carbonyl (C=O) groups excluding carboxylic acids is 2. The number of ether oxygens (including phenoxy) is 4. The largest absolute Gasteiger partial charge is 0.495 e. The molecule has 0 saturated carbocycles. The highest BCUT2D eigenvalue weighted by Crippen LogP contribution is 2.39. The Balaban J connectivity index is 2.36. The van der Waals surface area contributed by atoms with Crippen LogP contribution in [0.15, 0.2) is 34.5 Å². The van der Waals surface area contributed by atoms with Crippen LogP contribution in [0.4, 0.5) is 11.4 Å². The van der Waals surface area contributed by atoms with E-state index in [-0.39, 0.29) is 16.4 Å². The Hall–Kier alpha value is -3.04. The minimum Gasteiger partial charge on any atom is -0.495 e. The van der Waals surface area contributed by atoms with Gasteiger partial charge in [-0.2, -0.15) is 10.2 Å². The molecule has 0 spiro atoms. The summed E-state index contributed by atoms with van der Waals surface area (Å²) in [6, 6.07) is 4.60. The zero-order chi connectivity index (χ0) is 24.5. The highest BCUT2D eigenvalue weighted by molar-refractivity contribution is 6.32. The highest BCUT2D eigenvalue weighted by atomic mass is 35.5. The second kappa shape index (κ2) is 12.3. The topological polar surface area (TPSA) is 108 Å². The zero-order valence-electron chi connectivity index (χ0n) is 18.9. The quantitative estimate of drug-likeness (QED) is 0.324. The molecule has 1 atom stereocenters. The van der Waals surface area contributed by atoms with Gasteiger partial charge in [0, 0.05) is 18.2 Å². The van der Waals surface area contributed by atoms with E-state index in [1.54, 1.807) is 6.92 Å². The third-order valence-corrected chi connectivity index (χ3v) is 4.85. The Bertz CT molecular complexity index is 1050. The Labute approximate surface area is 202 Å². The van der Waals surface area contributed by atoms with Crippen LogP contribution in [0, 0.1) is 0 Å². The molecule has 0 heterocycles. The number of amides is 1. The molecule has 11 heteroatoms. The molecular formula is C22H25Cl2N3O6. The first-order valence-electron chi connectivity index (χ1n) is 9.98. The van der Waals surface area contributed by atoms with Crippen LogP contribution in [0.5, 0.6) is 23.0 Å². The molecule has 2 aromatic rings. The van der Waals surface area contributed by atoms with Crippen LogP contribution in [-0.2, 0) is 9.59 Å². The van der Waals surface area contributed by atoms with Gasteiger partial charge in [0.05, 0.1) is 43.2 Å². The Morgan fingerprint density at radius 1 is 0.909 bits per heavy atom. The van der Waals surface area contributed by atoms with Crippen LogP contribution in [0.1, 0.15) is 20.8 Å². The molecule has 0 bridgehead atoms. The van der Waals surface area contributed by atoms with Crippen molar-refractivity contribution in [2.24, 2.45) is 10.2 Å². The molecule has 0 fully saturated rings. The fourth-order valence-electron chi connectivity index (χ4n) is 2.74. The normalized spacial score (nSPS) is 11.7. The van der Waals surface area contributed by atoms with Crippen molar-refractivity contribution >= 4 is 46.3 Å². The van der Waals surface area contributed by atoms with Crippen molar-refractivity contribution in [3.8, 4) is 23.0 Å². The van der Waals surface area contributed by atoms with Crippen LogP contribution in [0.25, 0.3) is 0 Å².